The molecular formula is C25H25ClN2O2. The maximum atomic E-state index is 13.4. The van der Waals surface area contributed by atoms with Crippen LogP contribution in [0.1, 0.15) is 29.7 Å². The summed E-state index contributed by atoms with van der Waals surface area (Å²) in [5.41, 5.74) is 2.59. The Balaban J connectivity index is 1.98. The highest BCUT2D eigenvalue weighted by molar-refractivity contribution is 6.30. The van der Waals surface area contributed by atoms with Crippen molar-refractivity contribution < 1.29 is 9.59 Å². The van der Waals surface area contributed by atoms with Gasteiger partial charge in [0.2, 0.25) is 11.8 Å². The number of nitrogens with zero attached hydrogens (tertiary/aromatic N) is 1. The molecule has 0 aliphatic heterocycles. The quantitative estimate of drug-likeness (QED) is 0.569. The number of amides is 2. The average Bonchev–Trinajstić information content (AvgIpc) is 2.76. The number of halogens is 1. The van der Waals surface area contributed by atoms with Gasteiger partial charge in [-0.25, -0.2) is 0 Å². The maximum absolute atomic E-state index is 13.4. The van der Waals surface area contributed by atoms with Crippen molar-refractivity contribution in [2.75, 3.05) is 6.54 Å². The normalized spacial score (nSPS) is 11.5. The molecule has 4 nitrogen and oxygen atoms in total. The van der Waals surface area contributed by atoms with Gasteiger partial charge in [-0.15, -0.1) is 0 Å². The number of hydrogen-bond donors (Lipinski definition) is 1. The van der Waals surface area contributed by atoms with Crippen LogP contribution in [0.15, 0.2) is 84.9 Å². The molecule has 0 aromatic heterocycles. The van der Waals surface area contributed by atoms with Crippen LogP contribution in [0.4, 0.5) is 0 Å². The van der Waals surface area contributed by atoms with E-state index in [0.29, 0.717) is 18.1 Å². The van der Waals surface area contributed by atoms with E-state index in [1.54, 1.807) is 17.0 Å². The third-order valence-corrected chi connectivity index (χ3v) is 5.06. The first-order valence-electron chi connectivity index (χ1n) is 9.99. The van der Waals surface area contributed by atoms with Gasteiger partial charge in [0.05, 0.1) is 6.42 Å². The highest BCUT2D eigenvalue weighted by Gasteiger charge is 2.31. The van der Waals surface area contributed by atoms with Gasteiger partial charge in [-0.3, -0.25) is 9.59 Å². The van der Waals surface area contributed by atoms with Crippen LogP contribution in [-0.4, -0.2) is 23.3 Å². The molecule has 0 saturated heterocycles. The zero-order valence-electron chi connectivity index (χ0n) is 16.9. The lowest BCUT2D eigenvalue weighted by atomic mass is 10.0. The van der Waals surface area contributed by atoms with Crippen molar-refractivity contribution in [1.29, 1.82) is 0 Å². The molecule has 30 heavy (non-hydrogen) atoms. The molecule has 1 atom stereocenters. The molecule has 0 bridgehead atoms. The lowest BCUT2D eigenvalue weighted by molar-refractivity contribution is -0.141. The van der Waals surface area contributed by atoms with Crippen LogP contribution in [0.5, 0.6) is 0 Å². The number of likely N-dealkylation sites (N-methyl/N-ethyl adjacent to an activating group) is 1. The summed E-state index contributed by atoms with van der Waals surface area (Å²) in [7, 11) is 0. The van der Waals surface area contributed by atoms with Crippen LogP contribution in [-0.2, 0) is 22.6 Å². The zero-order valence-corrected chi connectivity index (χ0v) is 17.7. The molecule has 0 fully saturated rings. The van der Waals surface area contributed by atoms with Gasteiger partial charge >= 0.3 is 0 Å². The Bertz CT molecular complexity index is 959. The van der Waals surface area contributed by atoms with E-state index in [9.17, 15) is 9.59 Å². The van der Waals surface area contributed by atoms with Gasteiger partial charge in [0.25, 0.3) is 0 Å². The van der Waals surface area contributed by atoms with Crippen molar-refractivity contribution in [2.45, 2.75) is 25.9 Å². The average molecular weight is 421 g/mol. The second kappa shape index (κ2) is 10.6. The van der Waals surface area contributed by atoms with Crippen LogP contribution in [0.25, 0.3) is 0 Å². The van der Waals surface area contributed by atoms with E-state index in [2.05, 4.69) is 5.32 Å². The van der Waals surface area contributed by atoms with E-state index in [-0.39, 0.29) is 18.2 Å². The molecule has 5 heteroatoms. The fourth-order valence-corrected chi connectivity index (χ4v) is 3.49. The molecule has 0 heterocycles. The molecule has 1 N–H and O–H groups in total. The number of carbonyl (C=O) groups excluding carboxylic acids is 2. The number of benzene rings is 3. The standard InChI is InChI=1S/C25H25ClN2O2/c1-2-27-25(30)24(21-11-7-4-8-12-21)28(18-20-13-15-22(26)16-14-20)23(29)17-19-9-5-3-6-10-19/h3-16,24H,2,17-18H2,1H3,(H,27,30)/t24-/m0/s1. The zero-order chi connectivity index (χ0) is 21.3. The Morgan fingerprint density at radius 3 is 2.07 bits per heavy atom. The summed E-state index contributed by atoms with van der Waals surface area (Å²) >= 11 is 6.02. The van der Waals surface area contributed by atoms with Gasteiger partial charge in [-0.05, 0) is 35.7 Å². The Morgan fingerprint density at radius 1 is 0.867 bits per heavy atom. The Morgan fingerprint density at radius 2 is 1.47 bits per heavy atom. The molecule has 2 amide bonds. The summed E-state index contributed by atoms with van der Waals surface area (Å²) in [5.74, 6) is -0.310. The van der Waals surface area contributed by atoms with Gasteiger partial charge in [-0.1, -0.05) is 84.4 Å². The minimum absolute atomic E-state index is 0.115. The second-order valence-electron chi connectivity index (χ2n) is 7.02. The fraction of sp³-hybridized carbons (Fsp3) is 0.200. The van der Waals surface area contributed by atoms with Crippen molar-refractivity contribution in [3.05, 3.63) is 107 Å². The van der Waals surface area contributed by atoms with Crippen molar-refractivity contribution in [2.24, 2.45) is 0 Å². The molecule has 3 aromatic carbocycles. The topological polar surface area (TPSA) is 49.4 Å². The molecule has 3 rings (SSSR count). The first-order valence-corrected chi connectivity index (χ1v) is 10.4. The molecule has 0 aliphatic rings. The third-order valence-electron chi connectivity index (χ3n) is 4.81. The van der Waals surface area contributed by atoms with Gasteiger partial charge in [0.15, 0.2) is 0 Å². The Labute approximate surface area is 182 Å². The van der Waals surface area contributed by atoms with Crippen molar-refractivity contribution in [1.82, 2.24) is 10.2 Å². The molecule has 0 radical (unpaired) electrons. The Hall–Kier alpha value is -3.11. The van der Waals surface area contributed by atoms with Crippen molar-refractivity contribution in [3.63, 3.8) is 0 Å². The molecule has 0 aliphatic carbocycles. The maximum Gasteiger partial charge on any atom is 0.247 e. The van der Waals surface area contributed by atoms with Gasteiger partial charge in [-0.2, -0.15) is 0 Å². The SMILES string of the molecule is CCNC(=O)[C@H](c1ccccc1)N(Cc1ccc(Cl)cc1)C(=O)Cc1ccccc1. The third kappa shape index (κ3) is 5.71. The lowest BCUT2D eigenvalue weighted by Crippen LogP contribution is -2.44. The van der Waals surface area contributed by atoms with Crippen molar-refractivity contribution in [3.8, 4) is 0 Å². The van der Waals surface area contributed by atoms with Crippen LogP contribution >= 0.6 is 11.6 Å². The number of rotatable bonds is 8. The number of hydrogen-bond acceptors (Lipinski definition) is 2. The van der Waals surface area contributed by atoms with Gasteiger partial charge < -0.3 is 10.2 Å². The van der Waals surface area contributed by atoms with Crippen molar-refractivity contribution >= 4 is 23.4 Å². The van der Waals surface area contributed by atoms with E-state index >= 15 is 0 Å². The van der Waals surface area contributed by atoms with E-state index in [1.165, 1.54) is 0 Å². The molecule has 0 spiro atoms. The molecule has 0 saturated carbocycles. The molecule has 0 unspecified atom stereocenters. The minimum atomic E-state index is -0.724. The predicted molar refractivity (Wildman–Crippen MR) is 120 cm³/mol. The summed E-state index contributed by atoms with van der Waals surface area (Å²) < 4.78 is 0. The molecular weight excluding hydrogens is 396 g/mol. The van der Waals surface area contributed by atoms with Crippen LogP contribution in [0.3, 0.4) is 0 Å². The highest BCUT2D eigenvalue weighted by atomic mass is 35.5. The van der Waals surface area contributed by atoms with E-state index < -0.39 is 6.04 Å². The first kappa shape index (κ1) is 21.6. The number of nitrogens with one attached hydrogen (secondary N) is 1. The fourth-order valence-electron chi connectivity index (χ4n) is 3.36. The van der Waals surface area contributed by atoms with Crippen LogP contribution in [0.2, 0.25) is 5.02 Å². The van der Waals surface area contributed by atoms with E-state index in [0.717, 1.165) is 16.7 Å². The highest BCUT2D eigenvalue weighted by Crippen LogP contribution is 2.25. The summed E-state index contributed by atoms with van der Waals surface area (Å²) in [6, 6.07) is 25.6. The molecule has 3 aromatic rings. The summed E-state index contributed by atoms with van der Waals surface area (Å²) in [6.45, 7) is 2.67. The van der Waals surface area contributed by atoms with Gasteiger partial charge in [0.1, 0.15) is 6.04 Å². The minimum Gasteiger partial charge on any atom is -0.354 e. The lowest BCUT2D eigenvalue weighted by Gasteiger charge is -2.31. The summed E-state index contributed by atoms with van der Waals surface area (Å²) in [6.07, 6.45) is 0.219. The van der Waals surface area contributed by atoms with E-state index in [4.69, 9.17) is 11.6 Å². The summed E-state index contributed by atoms with van der Waals surface area (Å²) in [5, 5.41) is 3.51. The van der Waals surface area contributed by atoms with Crippen LogP contribution < -0.4 is 5.32 Å². The smallest absolute Gasteiger partial charge is 0.247 e. The monoisotopic (exact) mass is 420 g/mol. The Kier molecular flexibility index (Phi) is 7.63. The van der Waals surface area contributed by atoms with E-state index in [1.807, 2.05) is 79.7 Å². The summed E-state index contributed by atoms with van der Waals surface area (Å²) in [4.78, 5) is 28.1. The molecule has 154 valence electrons. The predicted octanol–water partition coefficient (Wildman–Crippen LogP) is 4.79. The second-order valence-corrected chi connectivity index (χ2v) is 7.45. The van der Waals surface area contributed by atoms with Crippen LogP contribution in [0, 0.1) is 0 Å². The number of carbonyl (C=O) groups is 2. The van der Waals surface area contributed by atoms with Gasteiger partial charge in [0, 0.05) is 18.1 Å². The first-order chi connectivity index (χ1) is 14.6. The largest absolute Gasteiger partial charge is 0.354 e.